The summed E-state index contributed by atoms with van der Waals surface area (Å²) in [6, 6.07) is 14.5. The second-order valence-corrected chi connectivity index (χ2v) is 6.23. The zero-order chi connectivity index (χ0) is 14.7. The van der Waals surface area contributed by atoms with Gasteiger partial charge in [0.15, 0.2) is 0 Å². The zero-order valence-corrected chi connectivity index (χ0v) is 13.1. The van der Waals surface area contributed by atoms with E-state index in [1.807, 2.05) is 25.1 Å². The lowest BCUT2D eigenvalue weighted by molar-refractivity contribution is 0.647. The molecular formula is C18H22ClN. The molecule has 2 aromatic carbocycles. The van der Waals surface area contributed by atoms with Crippen LogP contribution >= 0.6 is 11.6 Å². The third kappa shape index (κ3) is 3.62. The van der Waals surface area contributed by atoms with Gasteiger partial charge in [0, 0.05) is 5.02 Å². The summed E-state index contributed by atoms with van der Waals surface area (Å²) in [5, 5.41) is 0.773. The lowest BCUT2D eigenvalue weighted by Gasteiger charge is -2.14. The first-order valence-corrected chi connectivity index (χ1v) is 7.45. The monoisotopic (exact) mass is 287 g/mol. The van der Waals surface area contributed by atoms with Crippen LogP contribution in [-0.4, -0.2) is 0 Å². The Balaban J connectivity index is 2.20. The number of hydrogen-bond donors (Lipinski definition) is 1. The molecule has 0 bridgehead atoms. The van der Waals surface area contributed by atoms with Crippen LogP contribution < -0.4 is 5.73 Å². The summed E-state index contributed by atoms with van der Waals surface area (Å²) < 4.78 is 0. The van der Waals surface area contributed by atoms with E-state index in [2.05, 4.69) is 38.1 Å². The highest BCUT2D eigenvalue weighted by Crippen LogP contribution is 2.25. The molecule has 0 aliphatic heterocycles. The first kappa shape index (κ1) is 15.1. The molecule has 1 unspecified atom stereocenters. The smallest absolute Gasteiger partial charge is 0.0552 e. The molecule has 0 spiro atoms. The van der Waals surface area contributed by atoms with E-state index in [4.69, 9.17) is 17.3 Å². The Morgan fingerprint density at radius 1 is 1.00 bits per heavy atom. The molecule has 0 fully saturated rings. The number of halogens is 1. The van der Waals surface area contributed by atoms with Crippen molar-refractivity contribution in [3.63, 3.8) is 0 Å². The fraction of sp³-hybridized carbons (Fsp3) is 0.333. The van der Waals surface area contributed by atoms with Crippen molar-refractivity contribution in [2.45, 2.75) is 33.2 Å². The summed E-state index contributed by atoms with van der Waals surface area (Å²) >= 11 is 6.17. The predicted octanol–water partition coefficient (Wildman–Crippen LogP) is 4.90. The van der Waals surface area contributed by atoms with Gasteiger partial charge in [-0.05, 0) is 47.6 Å². The molecule has 2 rings (SSSR count). The van der Waals surface area contributed by atoms with E-state index in [1.165, 1.54) is 5.56 Å². The SMILES string of the molecule is Cc1ccc(C(N)c2ccc(CC(C)C)cc2)cc1Cl. The van der Waals surface area contributed by atoms with Crippen LogP contribution in [-0.2, 0) is 6.42 Å². The molecule has 2 aromatic rings. The predicted molar refractivity (Wildman–Crippen MR) is 87.2 cm³/mol. The number of rotatable bonds is 4. The molecular weight excluding hydrogens is 266 g/mol. The molecule has 1 nitrogen and oxygen atoms in total. The minimum Gasteiger partial charge on any atom is -0.320 e. The number of benzene rings is 2. The van der Waals surface area contributed by atoms with Gasteiger partial charge in [-0.3, -0.25) is 0 Å². The molecule has 2 N–H and O–H groups in total. The Bertz CT molecular complexity index is 572. The van der Waals surface area contributed by atoms with Gasteiger partial charge in [-0.1, -0.05) is 61.8 Å². The van der Waals surface area contributed by atoms with Gasteiger partial charge >= 0.3 is 0 Å². The van der Waals surface area contributed by atoms with Crippen LogP contribution in [0.4, 0.5) is 0 Å². The summed E-state index contributed by atoms with van der Waals surface area (Å²) in [6.45, 7) is 6.46. The van der Waals surface area contributed by atoms with Crippen molar-refractivity contribution >= 4 is 11.6 Å². The van der Waals surface area contributed by atoms with Crippen LogP contribution in [0.5, 0.6) is 0 Å². The van der Waals surface area contributed by atoms with Crippen molar-refractivity contribution in [1.82, 2.24) is 0 Å². The highest BCUT2D eigenvalue weighted by atomic mass is 35.5. The second-order valence-electron chi connectivity index (χ2n) is 5.83. The number of nitrogens with two attached hydrogens (primary N) is 1. The molecule has 0 saturated heterocycles. The maximum absolute atomic E-state index is 6.33. The number of aryl methyl sites for hydroxylation is 1. The molecule has 20 heavy (non-hydrogen) atoms. The van der Waals surface area contributed by atoms with Crippen molar-refractivity contribution in [3.05, 3.63) is 69.7 Å². The van der Waals surface area contributed by atoms with E-state index >= 15 is 0 Å². The molecule has 0 heterocycles. The van der Waals surface area contributed by atoms with Gasteiger partial charge in [0.05, 0.1) is 6.04 Å². The fourth-order valence-electron chi connectivity index (χ4n) is 2.33. The summed E-state index contributed by atoms with van der Waals surface area (Å²) in [7, 11) is 0. The molecule has 0 aromatic heterocycles. The minimum atomic E-state index is -0.124. The Kier molecular flexibility index (Phi) is 4.85. The molecule has 0 aliphatic rings. The molecule has 0 aliphatic carbocycles. The first-order valence-electron chi connectivity index (χ1n) is 7.08. The maximum atomic E-state index is 6.33. The summed E-state index contributed by atoms with van der Waals surface area (Å²) in [6.07, 6.45) is 1.10. The summed E-state index contributed by atoms with van der Waals surface area (Å²) in [5.74, 6) is 0.672. The van der Waals surface area contributed by atoms with E-state index < -0.39 is 0 Å². The van der Waals surface area contributed by atoms with Crippen LogP contribution in [0.1, 0.15) is 42.1 Å². The third-order valence-electron chi connectivity index (χ3n) is 3.54. The van der Waals surface area contributed by atoms with E-state index in [-0.39, 0.29) is 6.04 Å². The average Bonchev–Trinajstić information content (AvgIpc) is 2.41. The van der Waals surface area contributed by atoms with Gasteiger partial charge in [0.1, 0.15) is 0 Å². The minimum absolute atomic E-state index is 0.124. The molecule has 0 saturated carbocycles. The molecule has 0 amide bonds. The molecule has 1 atom stereocenters. The van der Waals surface area contributed by atoms with Crippen molar-refractivity contribution in [2.24, 2.45) is 11.7 Å². The molecule has 2 heteroatoms. The Hall–Kier alpha value is -1.31. The fourth-order valence-corrected chi connectivity index (χ4v) is 2.52. The van der Waals surface area contributed by atoms with Crippen molar-refractivity contribution < 1.29 is 0 Å². The first-order chi connectivity index (χ1) is 9.47. The zero-order valence-electron chi connectivity index (χ0n) is 12.4. The third-order valence-corrected chi connectivity index (χ3v) is 3.94. The van der Waals surface area contributed by atoms with Crippen LogP contribution in [0.2, 0.25) is 5.02 Å². The van der Waals surface area contributed by atoms with Crippen molar-refractivity contribution in [2.75, 3.05) is 0 Å². The quantitative estimate of drug-likeness (QED) is 0.851. The standard InChI is InChI=1S/C18H22ClN/c1-12(2)10-14-5-8-15(9-6-14)18(20)16-7-4-13(3)17(19)11-16/h4-9,11-12,18H,10,20H2,1-3H3. The largest absolute Gasteiger partial charge is 0.320 e. The van der Waals surface area contributed by atoms with Crippen molar-refractivity contribution in [3.8, 4) is 0 Å². The lowest BCUT2D eigenvalue weighted by Crippen LogP contribution is -2.12. The van der Waals surface area contributed by atoms with Crippen molar-refractivity contribution in [1.29, 1.82) is 0 Å². The highest BCUT2D eigenvalue weighted by molar-refractivity contribution is 6.31. The van der Waals surface area contributed by atoms with Crippen LogP contribution in [0.3, 0.4) is 0 Å². The van der Waals surface area contributed by atoms with Gasteiger partial charge in [-0.15, -0.1) is 0 Å². The van der Waals surface area contributed by atoms with Crippen LogP contribution in [0.15, 0.2) is 42.5 Å². The Labute approximate surface area is 126 Å². The van der Waals surface area contributed by atoms with E-state index in [9.17, 15) is 0 Å². The van der Waals surface area contributed by atoms with Gasteiger partial charge < -0.3 is 5.73 Å². The molecule has 106 valence electrons. The Morgan fingerprint density at radius 3 is 2.15 bits per heavy atom. The van der Waals surface area contributed by atoms with E-state index in [1.54, 1.807) is 0 Å². The van der Waals surface area contributed by atoms with Gasteiger partial charge in [-0.25, -0.2) is 0 Å². The maximum Gasteiger partial charge on any atom is 0.0552 e. The van der Waals surface area contributed by atoms with Gasteiger partial charge in [0.25, 0.3) is 0 Å². The lowest BCUT2D eigenvalue weighted by atomic mass is 9.96. The second kappa shape index (κ2) is 6.43. The Morgan fingerprint density at radius 2 is 1.60 bits per heavy atom. The van der Waals surface area contributed by atoms with Gasteiger partial charge in [0.2, 0.25) is 0 Å². The summed E-state index contributed by atoms with van der Waals surface area (Å²) in [4.78, 5) is 0. The van der Waals surface area contributed by atoms with Gasteiger partial charge in [-0.2, -0.15) is 0 Å². The molecule has 0 radical (unpaired) electrons. The number of hydrogen-bond acceptors (Lipinski definition) is 1. The highest BCUT2D eigenvalue weighted by Gasteiger charge is 2.10. The van der Waals surface area contributed by atoms with Crippen LogP contribution in [0, 0.1) is 12.8 Å². The van der Waals surface area contributed by atoms with Crippen LogP contribution in [0.25, 0.3) is 0 Å². The van der Waals surface area contributed by atoms with E-state index in [0.29, 0.717) is 5.92 Å². The normalized spacial score (nSPS) is 12.7. The topological polar surface area (TPSA) is 26.0 Å². The van der Waals surface area contributed by atoms with E-state index in [0.717, 1.165) is 28.1 Å². The summed E-state index contributed by atoms with van der Waals surface area (Å²) in [5.41, 5.74) is 10.9. The average molecular weight is 288 g/mol.